The van der Waals surface area contributed by atoms with Crippen molar-refractivity contribution in [2.45, 2.75) is 10.8 Å². The predicted molar refractivity (Wildman–Crippen MR) is 221 cm³/mol. The zero-order valence-electron chi connectivity index (χ0n) is 28.8. The molecule has 0 N–H and O–H groups in total. The van der Waals surface area contributed by atoms with Crippen LogP contribution in [0.4, 0.5) is 17.1 Å². The third kappa shape index (κ3) is 3.07. The average molecular weight is 670 g/mol. The Bertz CT molecular complexity index is 3070. The molecule has 0 saturated carbocycles. The van der Waals surface area contributed by atoms with E-state index in [1.165, 1.54) is 98.6 Å². The molecule has 1 nitrogen and oxygen atoms in total. The molecule has 10 aromatic rings. The van der Waals surface area contributed by atoms with Gasteiger partial charge in [0.1, 0.15) is 0 Å². The summed E-state index contributed by atoms with van der Waals surface area (Å²) in [5.41, 5.74) is 11.3. The monoisotopic (exact) mass is 669 g/mol. The Hall–Kier alpha value is -6.70. The summed E-state index contributed by atoms with van der Waals surface area (Å²) in [6, 6.07) is 71.2. The molecule has 0 saturated heterocycles. The highest BCUT2D eigenvalue weighted by molar-refractivity contribution is 6.16. The van der Waals surface area contributed by atoms with E-state index in [-0.39, 0.29) is 10.8 Å². The van der Waals surface area contributed by atoms with Crippen LogP contribution in [0, 0.1) is 0 Å². The van der Waals surface area contributed by atoms with Crippen LogP contribution in [-0.2, 0) is 10.8 Å². The molecule has 0 atom stereocenters. The molecular formula is C52H31N. The SMILES string of the molecule is c1ccc2cc(N(c3cccc4ccccc34)c3ccc4c5c(cccc35)C35c6cccc7cccc(c67)C43c3cccc4cccc5c34)ccc2c1. The average Bonchev–Trinajstić information content (AvgIpc) is 3.75. The Kier molecular flexibility index (Phi) is 5.06. The second kappa shape index (κ2) is 9.59. The minimum atomic E-state index is -0.382. The largest absolute Gasteiger partial charge is 0.309 e. The topological polar surface area (TPSA) is 3.24 Å². The van der Waals surface area contributed by atoms with Gasteiger partial charge in [0.15, 0.2) is 0 Å². The molecule has 0 fully saturated rings. The van der Waals surface area contributed by atoms with Crippen molar-refractivity contribution in [3.05, 3.63) is 221 Å². The molecule has 3 aliphatic rings. The predicted octanol–water partition coefficient (Wildman–Crippen LogP) is 13.2. The van der Waals surface area contributed by atoms with Crippen molar-refractivity contribution in [1.29, 1.82) is 0 Å². The maximum absolute atomic E-state index is 2.51. The Labute approximate surface area is 307 Å². The molecular weight excluding hydrogens is 639 g/mol. The number of hydrogen-bond acceptors (Lipinski definition) is 1. The number of rotatable bonds is 3. The van der Waals surface area contributed by atoms with Gasteiger partial charge in [0.05, 0.1) is 22.2 Å². The van der Waals surface area contributed by atoms with Gasteiger partial charge in [-0.2, -0.15) is 0 Å². The summed E-state index contributed by atoms with van der Waals surface area (Å²) < 4.78 is 0. The molecule has 244 valence electrons. The first-order valence-corrected chi connectivity index (χ1v) is 18.7. The van der Waals surface area contributed by atoms with Gasteiger partial charge in [0.25, 0.3) is 0 Å². The lowest BCUT2D eigenvalue weighted by Gasteiger charge is -2.40. The van der Waals surface area contributed by atoms with Crippen LogP contribution < -0.4 is 4.90 Å². The van der Waals surface area contributed by atoms with Gasteiger partial charge in [0, 0.05) is 16.5 Å². The van der Waals surface area contributed by atoms with Crippen molar-refractivity contribution in [1.82, 2.24) is 0 Å². The van der Waals surface area contributed by atoms with Crippen LogP contribution in [0.2, 0.25) is 0 Å². The highest BCUT2D eigenvalue weighted by Gasteiger charge is 2.70. The van der Waals surface area contributed by atoms with Crippen molar-refractivity contribution in [2.24, 2.45) is 0 Å². The molecule has 0 heterocycles. The summed E-state index contributed by atoms with van der Waals surface area (Å²) in [4.78, 5) is 2.51. The smallest absolute Gasteiger partial charge is 0.0648 e. The molecule has 0 aromatic heterocycles. The first-order chi connectivity index (χ1) is 26.3. The second-order valence-corrected chi connectivity index (χ2v) is 15.1. The van der Waals surface area contributed by atoms with Gasteiger partial charge in [-0.25, -0.2) is 0 Å². The molecule has 53 heavy (non-hydrogen) atoms. The van der Waals surface area contributed by atoms with Crippen LogP contribution in [0.1, 0.15) is 33.4 Å². The quantitative estimate of drug-likeness (QED) is 0.181. The Morgan fingerprint density at radius 3 is 1.40 bits per heavy atom. The standard InChI is InChI=1S/C52H31N/c1-2-13-36-31-37(28-27-32(36)11-1)53(46-26-9-14-33-12-3-4-19-38(33)46)47-30-29-45-50-39(47)20-10-25-44(50)51-40-21-5-15-34-17-7-23-42(48(34)40)52(45,51)43-24-8-18-35-16-6-22-41(51)49(35)43/h1-31H. The van der Waals surface area contributed by atoms with Crippen LogP contribution in [0.15, 0.2) is 188 Å². The van der Waals surface area contributed by atoms with Crippen molar-refractivity contribution in [2.75, 3.05) is 4.90 Å². The maximum Gasteiger partial charge on any atom is 0.0648 e. The minimum absolute atomic E-state index is 0.382. The molecule has 13 rings (SSSR count). The van der Waals surface area contributed by atoms with Gasteiger partial charge in [0.2, 0.25) is 0 Å². The molecule has 10 aromatic carbocycles. The van der Waals surface area contributed by atoms with E-state index in [1.807, 2.05) is 0 Å². The maximum atomic E-state index is 2.51. The number of nitrogens with zero attached hydrogens (tertiary/aromatic N) is 1. The lowest BCUT2D eigenvalue weighted by molar-refractivity contribution is 0.492. The summed E-state index contributed by atoms with van der Waals surface area (Å²) in [5, 5.41) is 13.1. The van der Waals surface area contributed by atoms with E-state index in [4.69, 9.17) is 0 Å². The van der Waals surface area contributed by atoms with Crippen LogP contribution in [0.5, 0.6) is 0 Å². The van der Waals surface area contributed by atoms with Crippen molar-refractivity contribution >= 4 is 70.9 Å². The summed E-state index contributed by atoms with van der Waals surface area (Å²) in [6.07, 6.45) is 0. The van der Waals surface area contributed by atoms with E-state index in [0.29, 0.717) is 0 Å². The van der Waals surface area contributed by atoms with Crippen molar-refractivity contribution in [3.63, 3.8) is 0 Å². The van der Waals surface area contributed by atoms with Gasteiger partial charge in [-0.05, 0) is 101 Å². The fourth-order valence-electron chi connectivity index (χ4n) is 11.4. The van der Waals surface area contributed by atoms with E-state index in [9.17, 15) is 0 Å². The fourth-order valence-corrected chi connectivity index (χ4v) is 11.4. The van der Waals surface area contributed by atoms with E-state index in [0.717, 1.165) is 5.69 Å². The van der Waals surface area contributed by atoms with Gasteiger partial charge in [-0.15, -0.1) is 0 Å². The first-order valence-electron chi connectivity index (χ1n) is 18.7. The summed E-state index contributed by atoms with van der Waals surface area (Å²) in [5.74, 6) is 0. The van der Waals surface area contributed by atoms with Crippen molar-refractivity contribution in [3.8, 4) is 0 Å². The second-order valence-electron chi connectivity index (χ2n) is 15.1. The Morgan fingerprint density at radius 1 is 0.283 bits per heavy atom. The van der Waals surface area contributed by atoms with Crippen LogP contribution >= 0.6 is 0 Å². The zero-order chi connectivity index (χ0) is 34.5. The molecule has 3 aliphatic carbocycles. The number of hydrogen-bond donors (Lipinski definition) is 0. The van der Waals surface area contributed by atoms with E-state index in [2.05, 4.69) is 193 Å². The van der Waals surface area contributed by atoms with Gasteiger partial charge in [-0.3, -0.25) is 0 Å². The van der Waals surface area contributed by atoms with Crippen molar-refractivity contribution < 1.29 is 0 Å². The lowest BCUT2D eigenvalue weighted by Crippen LogP contribution is -2.42. The van der Waals surface area contributed by atoms with E-state index < -0.39 is 0 Å². The van der Waals surface area contributed by atoms with Gasteiger partial charge < -0.3 is 4.90 Å². The van der Waals surface area contributed by atoms with Gasteiger partial charge in [-0.1, -0.05) is 164 Å². The fraction of sp³-hybridized carbons (Fsp3) is 0.0385. The number of benzene rings is 10. The zero-order valence-corrected chi connectivity index (χ0v) is 28.8. The summed E-state index contributed by atoms with van der Waals surface area (Å²) >= 11 is 0. The van der Waals surface area contributed by atoms with Crippen LogP contribution in [-0.4, -0.2) is 0 Å². The Morgan fingerprint density at radius 2 is 0.736 bits per heavy atom. The molecule has 0 spiro atoms. The molecule has 0 radical (unpaired) electrons. The molecule has 0 unspecified atom stereocenters. The molecule has 0 aliphatic heterocycles. The summed E-state index contributed by atoms with van der Waals surface area (Å²) in [6.45, 7) is 0. The van der Waals surface area contributed by atoms with Crippen LogP contribution in [0.3, 0.4) is 0 Å². The first kappa shape index (κ1) is 28.0. The van der Waals surface area contributed by atoms with E-state index >= 15 is 0 Å². The highest BCUT2D eigenvalue weighted by atomic mass is 15.1. The summed E-state index contributed by atoms with van der Waals surface area (Å²) in [7, 11) is 0. The van der Waals surface area contributed by atoms with Crippen LogP contribution in [0.25, 0.3) is 53.9 Å². The third-order valence-electron chi connectivity index (χ3n) is 13.1. The Balaban J connectivity index is 1.19. The molecule has 0 bridgehead atoms. The lowest BCUT2D eigenvalue weighted by atomic mass is 9.59. The molecule has 0 amide bonds. The number of fused-ring (bicyclic) bond motifs is 2. The van der Waals surface area contributed by atoms with Gasteiger partial charge >= 0.3 is 0 Å². The highest BCUT2D eigenvalue weighted by Crippen LogP contribution is 2.75. The third-order valence-corrected chi connectivity index (χ3v) is 13.1. The minimum Gasteiger partial charge on any atom is -0.309 e. The normalized spacial score (nSPS) is 18.7. The van der Waals surface area contributed by atoms with E-state index in [1.54, 1.807) is 0 Å². The number of anilines is 3. The molecule has 1 heteroatoms.